The van der Waals surface area contributed by atoms with Crippen LogP contribution in [0.4, 0.5) is 5.69 Å². The summed E-state index contributed by atoms with van der Waals surface area (Å²) in [7, 11) is 1.57. The first-order valence-corrected chi connectivity index (χ1v) is 11.8. The molecule has 1 aliphatic heterocycles. The molecule has 10 nitrogen and oxygen atoms in total. The Balaban J connectivity index is 1.43. The van der Waals surface area contributed by atoms with Crippen molar-refractivity contribution in [2.75, 3.05) is 25.5 Å². The van der Waals surface area contributed by atoms with Crippen molar-refractivity contribution in [1.29, 1.82) is 0 Å². The molecule has 1 aliphatic carbocycles. The van der Waals surface area contributed by atoms with Gasteiger partial charge in [-0.25, -0.2) is 9.50 Å². The van der Waals surface area contributed by atoms with Gasteiger partial charge in [-0.15, -0.1) is 0 Å². The number of carbonyl (C=O) groups is 2. The van der Waals surface area contributed by atoms with Gasteiger partial charge in [-0.05, 0) is 43.2 Å². The van der Waals surface area contributed by atoms with E-state index < -0.39 is 12.0 Å². The highest BCUT2D eigenvalue weighted by molar-refractivity contribution is 6.02. The van der Waals surface area contributed by atoms with Crippen molar-refractivity contribution < 1.29 is 19.4 Å². The predicted molar refractivity (Wildman–Crippen MR) is 130 cm³/mol. The van der Waals surface area contributed by atoms with Gasteiger partial charge >= 0.3 is 0 Å². The zero-order valence-electron chi connectivity index (χ0n) is 20.0. The van der Waals surface area contributed by atoms with Crippen LogP contribution in [0, 0.1) is 17.8 Å². The summed E-state index contributed by atoms with van der Waals surface area (Å²) in [5, 5.41) is 17.7. The van der Waals surface area contributed by atoms with Crippen LogP contribution in [0.3, 0.4) is 0 Å². The minimum Gasteiger partial charge on any atom is -0.481 e. The van der Waals surface area contributed by atoms with E-state index in [4.69, 9.17) is 10.5 Å². The number of hydrogen-bond acceptors (Lipinski definition) is 7. The van der Waals surface area contributed by atoms with Crippen LogP contribution in [0.25, 0.3) is 16.6 Å². The number of hydrogen-bond donors (Lipinski definition) is 3. The molecule has 0 radical (unpaired) electrons. The Bertz CT molecular complexity index is 1270. The molecule has 5 atom stereocenters. The second-order valence-electron chi connectivity index (χ2n) is 9.63. The number of anilines is 1. The number of aromatic nitrogens is 3. The zero-order valence-corrected chi connectivity index (χ0v) is 20.0. The summed E-state index contributed by atoms with van der Waals surface area (Å²) in [5.74, 6) is 0.711. The normalized spacial score (nSPS) is 24.4. The number of nitrogens with one attached hydrogen (secondary N) is 1. The Labute approximate surface area is 203 Å². The zero-order chi connectivity index (χ0) is 24.9. The van der Waals surface area contributed by atoms with Crippen LogP contribution in [-0.4, -0.2) is 68.8 Å². The molecule has 2 amide bonds. The first-order valence-electron chi connectivity index (χ1n) is 11.8. The van der Waals surface area contributed by atoms with Gasteiger partial charge in [0.1, 0.15) is 6.10 Å². The quantitative estimate of drug-likeness (QED) is 0.491. The van der Waals surface area contributed by atoms with E-state index >= 15 is 0 Å². The molecule has 1 saturated heterocycles. The Morgan fingerprint density at radius 1 is 1.26 bits per heavy atom. The van der Waals surface area contributed by atoms with Crippen molar-refractivity contribution in [2.24, 2.45) is 23.5 Å². The minimum atomic E-state index is -0.981. The average Bonchev–Trinajstić information content (AvgIpc) is 3.53. The van der Waals surface area contributed by atoms with Crippen LogP contribution in [0.15, 0.2) is 36.8 Å². The fraction of sp³-hybridized carbons (Fsp3) is 0.440. The lowest BCUT2D eigenvalue weighted by Gasteiger charge is -2.26. The summed E-state index contributed by atoms with van der Waals surface area (Å²) >= 11 is 0. The number of aliphatic hydroxyl groups is 1. The smallest absolute Gasteiger partial charge is 0.252 e. The highest BCUT2D eigenvalue weighted by atomic mass is 16.5. The lowest BCUT2D eigenvalue weighted by atomic mass is 9.93. The fourth-order valence-electron chi connectivity index (χ4n) is 5.63. The molecule has 1 unspecified atom stereocenters. The monoisotopic (exact) mass is 478 g/mol. The summed E-state index contributed by atoms with van der Waals surface area (Å²) < 4.78 is 6.88. The summed E-state index contributed by atoms with van der Waals surface area (Å²) in [5.41, 5.74) is 9.27. The molecule has 4 heterocycles. The molecule has 184 valence electrons. The molecule has 35 heavy (non-hydrogen) atoms. The molecular weight excluding hydrogens is 448 g/mol. The van der Waals surface area contributed by atoms with Gasteiger partial charge in [-0.2, -0.15) is 5.10 Å². The van der Waals surface area contributed by atoms with Gasteiger partial charge < -0.3 is 25.8 Å². The Morgan fingerprint density at radius 3 is 2.69 bits per heavy atom. The van der Waals surface area contributed by atoms with Gasteiger partial charge in [0.2, 0.25) is 5.88 Å². The number of methoxy groups -OCH3 is 1. The van der Waals surface area contributed by atoms with Crippen LogP contribution in [0.2, 0.25) is 0 Å². The van der Waals surface area contributed by atoms with Crippen LogP contribution < -0.4 is 15.8 Å². The Morgan fingerprint density at radius 2 is 2.06 bits per heavy atom. The number of nitrogens with zero attached hydrogens (tertiary/aromatic N) is 4. The van der Waals surface area contributed by atoms with E-state index in [1.807, 2.05) is 18.3 Å². The highest BCUT2D eigenvalue weighted by Gasteiger charge is 2.47. The highest BCUT2D eigenvalue weighted by Crippen LogP contribution is 2.44. The first kappa shape index (κ1) is 23.1. The SMILES string of the molecule is COc1ccc(-c2cc3c(N[C@@H]4C[C@@H]5CN(C(=O)C(C)O)C[C@@H]5[C@H]4C)c(C(N)=O)cnn3c2)cn1. The summed E-state index contributed by atoms with van der Waals surface area (Å²) in [6.45, 7) is 4.97. The van der Waals surface area contributed by atoms with Crippen LogP contribution in [-0.2, 0) is 4.79 Å². The van der Waals surface area contributed by atoms with Gasteiger partial charge in [0, 0.05) is 48.7 Å². The molecule has 1 saturated carbocycles. The maximum absolute atomic E-state index is 12.3. The second kappa shape index (κ2) is 8.84. The number of rotatable bonds is 6. The van der Waals surface area contributed by atoms with Crippen molar-refractivity contribution in [2.45, 2.75) is 32.4 Å². The van der Waals surface area contributed by atoms with Gasteiger partial charge in [0.25, 0.3) is 11.8 Å². The number of carbonyl (C=O) groups excluding carboxylic acids is 2. The number of ether oxygens (including phenoxy) is 1. The first-order chi connectivity index (χ1) is 16.8. The Hall–Kier alpha value is -3.66. The predicted octanol–water partition coefficient (Wildman–Crippen LogP) is 1.78. The summed E-state index contributed by atoms with van der Waals surface area (Å²) in [4.78, 5) is 30.6. The molecule has 10 heteroatoms. The van der Waals surface area contributed by atoms with Crippen molar-refractivity contribution in [3.63, 3.8) is 0 Å². The van der Waals surface area contributed by atoms with Crippen LogP contribution in [0.1, 0.15) is 30.6 Å². The van der Waals surface area contributed by atoms with E-state index in [1.165, 1.54) is 13.1 Å². The van der Waals surface area contributed by atoms with E-state index in [0.717, 1.165) is 23.1 Å². The van der Waals surface area contributed by atoms with Crippen molar-refractivity contribution >= 4 is 23.0 Å². The van der Waals surface area contributed by atoms with Gasteiger partial charge in [-0.3, -0.25) is 9.59 Å². The number of fused-ring (bicyclic) bond motifs is 2. The minimum absolute atomic E-state index is 0.110. The third-order valence-electron chi connectivity index (χ3n) is 7.54. The number of nitrogens with two attached hydrogens (primary N) is 1. The molecule has 3 aromatic heterocycles. The molecule has 0 bridgehead atoms. The average molecular weight is 479 g/mol. The van der Waals surface area contributed by atoms with Gasteiger partial charge in [-0.1, -0.05) is 6.92 Å². The molecule has 2 fully saturated rings. The summed E-state index contributed by atoms with van der Waals surface area (Å²) in [6.07, 6.45) is 5.00. The van der Waals surface area contributed by atoms with Crippen molar-refractivity contribution in [3.05, 3.63) is 42.4 Å². The molecule has 4 N–H and O–H groups in total. The number of amides is 2. The fourth-order valence-corrected chi connectivity index (χ4v) is 5.63. The molecule has 2 aliphatic rings. The van der Waals surface area contributed by atoms with Crippen molar-refractivity contribution in [3.8, 4) is 17.0 Å². The van der Waals surface area contributed by atoms with E-state index in [0.29, 0.717) is 42.1 Å². The molecule has 5 rings (SSSR count). The third-order valence-corrected chi connectivity index (χ3v) is 7.54. The lowest BCUT2D eigenvalue weighted by Crippen LogP contribution is -2.38. The number of primary amides is 1. The standard InChI is InChI=1S/C25H30N6O4/c1-13-19-12-30(25(34)14(2)32)10-17(19)6-20(13)29-23-18(24(26)33)9-28-31-11-16(7-21(23)31)15-4-5-22(35-3)27-8-15/h4-5,7-9,11,13-14,17,19-20,29,32H,6,10,12H2,1-3H3,(H2,26,33)/t13-,14?,17-,19-,20-/m1/s1. The van der Waals surface area contributed by atoms with E-state index in [-0.39, 0.29) is 17.9 Å². The van der Waals surface area contributed by atoms with Gasteiger partial charge in [0.05, 0.1) is 30.1 Å². The van der Waals surface area contributed by atoms with Crippen molar-refractivity contribution in [1.82, 2.24) is 19.5 Å². The van der Waals surface area contributed by atoms with E-state index in [1.54, 1.807) is 28.8 Å². The number of aliphatic hydroxyl groups excluding tert-OH is 1. The number of pyridine rings is 1. The third kappa shape index (κ3) is 4.07. The van der Waals surface area contributed by atoms with Crippen LogP contribution >= 0.6 is 0 Å². The molecule has 3 aromatic rings. The van der Waals surface area contributed by atoms with E-state index in [9.17, 15) is 14.7 Å². The molecule has 0 spiro atoms. The van der Waals surface area contributed by atoms with E-state index in [2.05, 4.69) is 22.3 Å². The summed E-state index contributed by atoms with van der Waals surface area (Å²) in [6, 6.07) is 5.79. The van der Waals surface area contributed by atoms with Crippen LogP contribution in [0.5, 0.6) is 5.88 Å². The Kier molecular flexibility index (Phi) is 5.84. The maximum Gasteiger partial charge on any atom is 0.252 e. The topological polar surface area (TPSA) is 135 Å². The largest absolute Gasteiger partial charge is 0.481 e. The van der Waals surface area contributed by atoms with Gasteiger partial charge in [0.15, 0.2) is 0 Å². The molecule has 0 aromatic carbocycles. The second-order valence-corrected chi connectivity index (χ2v) is 9.63. The molecular formula is C25H30N6O4. The maximum atomic E-state index is 12.3. The number of likely N-dealkylation sites (tertiary alicyclic amines) is 1. The lowest BCUT2D eigenvalue weighted by molar-refractivity contribution is -0.138.